The minimum absolute atomic E-state index is 0.00787. The predicted octanol–water partition coefficient (Wildman–Crippen LogP) is 2.42. The summed E-state index contributed by atoms with van der Waals surface area (Å²) in [4.78, 5) is 15.1. The van der Waals surface area contributed by atoms with Gasteiger partial charge < -0.3 is 14.4 Å². The summed E-state index contributed by atoms with van der Waals surface area (Å²) in [7, 11) is -0.585. The molecule has 1 fully saturated rings. The van der Waals surface area contributed by atoms with Crippen molar-refractivity contribution in [2.45, 2.75) is 30.4 Å². The van der Waals surface area contributed by atoms with Crippen LogP contribution in [0.3, 0.4) is 0 Å². The van der Waals surface area contributed by atoms with Crippen molar-refractivity contribution in [3.63, 3.8) is 0 Å². The van der Waals surface area contributed by atoms with E-state index in [4.69, 9.17) is 9.47 Å². The molecule has 7 nitrogen and oxygen atoms in total. The van der Waals surface area contributed by atoms with E-state index in [2.05, 4.69) is 4.72 Å². The molecule has 1 unspecified atom stereocenters. The zero-order chi connectivity index (χ0) is 20.9. The number of sulfonamides is 1. The van der Waals surface area contributed by atoms with Crippen LogP contribution in [0.15, 0.2) is 53.4 Å². The van der Waals surface area contributed by atoms with Crippen molar-refractivity contribution < 1.29 is 22.7 Å². The summed E-state index contributed by atoms with van der Waals surface area (Å²) in [6.45, 7) is 1.60. The van der Waals surface area contributed by atoms with E-state index in [0.29, 0.717) is 25.3 Å². The average molecular weight is 419 g/mol. The summed E-state index contributed by atoms with van der Waals surface area (Å²) in [6, 6.07) is 13.6. The summed E-state index contributed by atoms with van der Waals surface area (Å²) >= 11 is 0. The highest BCUT2D eigenvalue weighted by Crippen LogP contribution is 2.20. The lowest BCUT2D eigenvalue weighted by molar-refractivity contribution is 0.0507. The topological polar surface area (TPSA) is 84.9 Å². The first-order valence-corrected chi connectivity index (χ1v) is 11.0. The Hall–Kier alpha value is -2.42. The van der Waals surface area contributed by atoms with Crippen molar-refractivity contribution in [3.05, 3.63) is 59.7 Å². The molecule has 2 aromatic rings. The standard InChI is InChI=1S/C21H26N2O5S/c1-22-29(25,26)20-10-8-17(9-11-20)21(24)23(15-19-7-4-12-28-19)14-16-5-3-6-18(13-16)27-2/h3,5-6,8-11,13,19,22H,4,7,12,14-15H2,1-2H3. The summed E-state index contributed by atoms with van der Waals surface area (Å²) in [6.07, 6.45) is 1.91. The zero-order valence-corrected chi connectivity index (χ0v) is 17.4. The number of carbonyl (C=O) groups excluding carboxylic acids is 1. The lowest BCUT2D eigenvalue weighted by atomic mass is 10.1. The van der Waals surface area contributed by atoms with Crippen LogP contribution >= 0.6 is 0 Å². The van der Waals surface area contributed by atoms with E-state index < -0.39 is 10.0 Å². The molecule has 1 saturated heterocycles. The van der Waals surface area contributed by atoms with Crippen molar-refractivity contribution in [3.8, 4) is 5.75 Å². The molecular formula is C21H26N2O5S. The molecule has 1 atom stereocenters. The molecule has 0 saturated carbocycles. The van der Waals surface area contributed by atoms with E-state index in [1.54, 1.807) is 24.1 Å². The molecule has 1 aliphatic heterocycles. The van der Waals surface area contributed by atoms with E-state index in [-0.39, 0.29) is 16.9 Å². The molecule has 1 N–H and O–H groups in total. The van der Waals surface area contributed by atoms with Gasteiger partial charge in [0.1, 0.15) is 5.75 Å². The third-order valence-electron chi connectivity index (χ3n) is 4.92. The second-order valence-electron chi connectivity index (χ2n) is 6.90. The maximum Gasteiger partial charge on any atom is 0.254 e. The van der Waals surface area contributed by atoms with Gasteiger partial charge in [0.2, 0.25) is 10.0 Å². The first kappa shape index (κ1) is 21.3. The molecular weight excluding hydrogens is 392 g/mol. The lowest BCUT2D eigenvalue weighted by Crippen LogP contribution is -2.37. The molecule has 156 valence electrons. The fourth-order valence-corrected chi connectivity index (χ4v) is 4.05. The molecule has 3 rings (SSSR count). The summed E-state index contributed by atoms with van der Waals surface area (Å²) in [5.74, 6) is 0.561. The molecule has 0 spiro atoms. The molecule has 8 heteroatoms. The van der Waals surface area contributed by atoms with Crippen LogP contribution in [0.5, 0.6) is 5.75 Å². The van der Waals surface area contributed by atoms with Gasteiger partial charge in [-0.15, -0.1) is 0 Å². The monoisotopic (exact) mass is 418 g/mol. The minimum Gasteiger partial charge on any atom is -0.497 e. The van der Waals surface area contributed by atoms with Gasteiger partial charge in [0.15, 0.2) is 0 Å². The number of carbonyl (C=O) groups is 1. The Morgan fingerprint density at radius 1 is 1.24 bits per heavy atom. The van der Waals surface area contributed by atoms with Crippen LogP contribution in [0.1, 0.15) is 28.8 Å². The number of hydrogen-bond donors (Lipinski definition) is 1. The second-order valence-corrected chi connectivity index (χ2v) is 8.79. The van der Waals surface area contributed by atoms with Crippen LogP contribution in [-0.4, -0.2) is 52.6 Å². The molecule has 2 aromatic carbocycles. The molecule has 0 aliphatic carbocycles. The predicted molar refractivity (Wildman–Crippen MR) is 109 cm³/mol. The number of rotatable bonds is 8. The Labute approximate surface area is 171 Å². The SMILES string of the molecule is CNS(=O)(=O)c1ccc(C(=O)N(Cc2cccc(OC)c2)CC2CCCO2)cc1. The Kier molecular flexibility index (Phi) is 6.89. The van der Waals surface area contributed by atoms with Crippen LogP contribution in [0.4, 0.5) is 0 Å². The van der Waals surface area contributed by atoms with Crippen LogP contribution in [0.2, 0.25) is 0 Å². The van der Waals surface area contributed by atoms with Gasteiger partial charge in [-0.2, -0.15) is 0 Å². The second kappa shape index (κ2) is 9.39. The Balaban J connectivity index is 1.83. The first-order chi connectivity index (χ1) is 13.9. The zero-order valence-electron chi connectivity index (χ0n) is 16.6. The summed E-state index contributed by atoms with van der Waals surface area (Å²) in [5, 5.41) is 0. The highest BCUT2D eigenvalue weighted by molar-refractivity contribution is 7.89. The molecule has 1 heterocycles. The van der Waals surface area contributed by atoms with Crippen LogP contribution in [0.25, 0.3) is 0 Å². The molecule has 29 heavy (non-hydrogen) atoms. The van der Waals surface area contributed by atoms with Crippen molar-refractivity contribution in [1.82, 2.24) is 9.62 Å². The van der Waals surface area contributed by atoms with E-state index in [1.165, 1.54) is 19.2 Å². The fraction of sp³-hybridized carbons (Fsp3) is 0.381. The normalized spacial score (nSPS) is 16.6. The molecule has 0 aromatic heterocycles. The lowest BCUT2D eigenvalue weighted by Gasteiger charge is -2.26. The molecule has 1 amide bonds. The number of benzene rings is 2. The van der Waals surface area contributed by atoms with Gasteiger partial charge in [-0.25, -0.2) is 13.1 Å². The third kappa shape index (κ3) is 5.35. The number of hydrogen-bond acceptors (Lipinski definition) is 5. The largest absolute Gasteiger partial charge is 0.497 e. The minimum atomic E-state index is -3.54. The maximum atomic E-state index is 13.2. The molecule has 0 bridgehead atoms. The van der Waals surface area contributed by atoms with Crippen molar-refractivity contribution in [1.29, 1.82) is 0 Å². The summed E-state index contributed by atoms with van der Waals surface area (Å²) < 4.78 is 37.1. The highest BCUT2D eigenvalue weighted by atomic mass is 32.2. The number of nitrogens with one attached hydrogen (secondary N) is 1. The van der Waals surface area contributed by atoms with E-state index in [1.807, 2.05) is 24.3 Å². The van der Waals surface area contributed by atoms with E-state index in [9.17, 15) is 13.2 Å². The van der Waals surface area contributed by atoms with Crippen molar-refractivity contribution in [2.75, 3.05) is 27.3 Å². The van der Waals surface area contributed by atoms with Gasteiger partial charge in [0.25, 0.3) is 5.91 Å². The van der Waals surface area contributed by atoms with Crippen molar-refractivity contribution in [2.24, 2.45) is 0 Å². The van der Waals surface area contributed by atoms with Gasteiger partial charge in [-0.05, 0) is 61.9 Å². The molecule has 0 radical (unpaired) electrons. The Morgan fingerprint density at radius 3 is 2.62 bits per heavy atom. The Bertz CT molecular complexity index is 938. The number of nitrogens with zero attached hydrogens (tertiary/aromatic N) is 1. The van der Waals surface area contributed by atoms with Gasteiger partial charge in [0.05, 0.1) is 18.1 Å². The van der Waals surface area contributed by atoms with E-state index >= 15 is 0 Å². The molecule has 1 aliphatic rings. The quantitative estimate of drug-likeness (QED) is 0.712. The van der Waals surface area contributed by atoms with Crippen LogP contribution in [-0.2, 0) is 21.3 Å². The van der Waals surface area contributed by atoms with Crippen LogP contribution in [0, 0.1) is 0 Å². The van der Waals surface area contributed by atoms with Crippen LogP contribution < -0.4 is 9.46 Å². The smallest absolute Gasteiger partial charge is 0.254 e. The fourth-order valence-electron chi connectivity index (χ4n) is 3.32. The highest BCUT2D eigenvalue weighted by Gasteiger charge is 2.24. The number of ether oxygens (including phenoxy) is 2. The van der Waals surface area contributed by atoms with Gasteiger partial charge in [0, 0.05) is 25.3 Å². The maximum absolute atomic E-state index is 13.2. The van der Waals surface area contributed by atoms with Gasteiger partial charge in [-0.1, -0.05) is 12.1 Å². The Morgan fingerprint density at radius 2 is 2.00 bits per heavy atom. The van der Waals surface area contributed by atoms with Gasteiger partial charge in [-0.3, -0.25) is 4.79 Å². The number of methoxy groups -OCH3 is 1. The van der Waals surface area contributed by atoms with E-state index in [0.717, 1.165) is 24.2 Å². The summed E-state index contributed by atoms with van der Waals surface area (Å²) in [5.41, 5.74) is 1.38. The third-order valence-corrected chi connectivity index (χ3v) is 6.35. The average Bonchev–Trinajstić information content (AvgIpc) is 3.26. The first-order valence-electron chi connectivity index (χ1n) is 9.50. The van der Waals surface area contributed by atoms with Gasteiger partial charge >= 0.3 is 0 Å². The van der Waals surface area contributed by atoms with Crippen molar-refractivity contribution >= 4 is 15.9 Å². The number of amides is 1.